The van der Waals surface area contributed by atoms with Crippen molar-refractivity contribution in [2.75, 3.05) is 12.8 Å². The van der Waals surface area contributed by atoms with Crippen LogP contribution in [0, 0.1) is 6.92 Å². The van der Waals surface area contributed by atoms with Crippen molar-refractivity contribution in [1.29, 1.82) is 0 Å². The molecular weight excluding hydrogens is 334 g/mol. The Morgan fingerprint density at radius 3 is 2.88 bits per heavy atom. The minimum atomic E-state index is -0.0354. The standard InChI is InChI=1S/C18H19N5OS/c1-11-5-6-13-14(8-11)22-16(21-13)15-4-3-7-23(15)17(24)12-9-19-18(25-2)20-10-12/h5-6,8-10,15H,3-4,7H2,1-2H3,(H,21,22)/t15-/m0/s1. The van der Waals surface area contributed by atoms with E-state index >= 15 is 0 Å². The average molecular weight is 353 g/mol. The summed E-state index contributed by atoms with van der Waals surface area (Å²) in [4.78, 5) is 31.3. The number of rotatable bonds is 3. The van der Waals surface area contributed by atoms with Crippen LogP contribution in [-0.4, -0.2) is 43.5 Å². The maximum atomic E-state index is 12.9. The van der Waals surface area contributed by atoms with Gasteiger partial charge in [0.1, 0.15) is 5.82 Å². The molecule has 1 saturated heterocycles. The Balaban J connectivity index is 1.63. The maximum Gasteiger partial charge on any atom is 0.257 e. The molecule has 1 aliphatic rings. The number of H-pyrrole nitrogens is 1. The highest BCUT2D eigenvalue weighted by Crippen LogP contribution is 2.32. The lowest BCUT2D eigenvalue weighted by atomic mass is 10.2. The van der Waals surface area contributed by atoms with Gasteiger partial charge in [-0.15, -0.1) is 0 Å². The van der Waals surface area contributed by atoms with Crippen molar-refractivity contribution in [3.63, 3.8) is 0 Å². The number of thioether (sulfide) groups is 1. The van der Waals surface area contributed by atoms with E-state index in [4.69, 9.17) is 4.98 Å². The Morgan fingerprint density at radius 2 is 2.12 bits per heavy atom. The molecule has 0 aliphatic carbocycles. The molecule has 6 nitrogen and oxygen atoms in total. The molecule has 1 atom stereocenters. The summed E-state index contributed by atoms with van der Waals surface area (Å²) in [7, 11) is 0. The summed E-state index contributed by atoms with van der Waals surface area (Å²) in [6, 6.07) is 6.12. The van der Waals surface area contributed by atoms with Crippen LogP contribution in [0.1, 0.15) is 40.6 Å². The molecule has 0 bridgehead atoms. The van der Waals surface area contributed by atoms with E-state index < -0.39 is 0 Å². The van der Waals surface area contributed by atoms with Crippen molar-refractivity contribution >= 4 is 28.7 Å². The van der Waals surface area contributed by atoms with Gasteiger partial charge >= 0.3 is 0 Å². The van der Waals surface area contributed by atoms with Crippen molar-refractivity contribution < 1.29 is 4.79 Å². The molecule has 25 heavy (non-hydrogen) atoms. The van der Waals surface area contributed by atoms with Gasteiger partial charge in [-0.3, -0.25) is 4.79 Å². The molecule has 4 rings (SSSR count). The lowest BCUT2D eigenvalue weighted by Gasteiger charge is -2.23. The summed E-state index contributed by atoms with van der Waals surface area (Å²) in [5.41, 5.74) is 3.67. The number of imidazole rings is 1. The van der Waals surface area contributed by atoms with E-state index in [1.807, 2.05) is 17.2 Å². The van der Waals surface area contributed by atoms with Crippen LogP contribution in [0.3, 0.4) is 0 Å². The normalized spacial score (nSPS) is 17.4. The van der Waals surface area contributed by atoms with E-state index in [2.05, 4.69) is 34.0 Å². The molecule has 0 radical (unpaired) electrons. The Labute approximate surface area is 150 Å². The first-order valence-electron chi connectivity index (χ1n) is 8.29. The molecule has 1 N–H and O–H groups in total. The second kappa shape index (κ2) is 6.48. The summed E-state index contributed by atoms with van der Waals surface area (Å²) < 4.78 is 0. The number of nitrogens with one attached hydrogen (secondary N) is 1. The van der Waals surface area contributed by atoms with Crippen molar-refractivity contribution in [2.24, 2.45) is 0 Å². The van der Waals surface area contributed by atoms with Crippen molar-refractivity contribution in [3.05, 3.63) is 47.5 Å². The predicted molar refractivity (Wildman–Crippen MR) is 97.7 cm³/mol. The first-order chi connectivity index (χ1) is 12.2. The number of carbonyl (C=O) groups excluding carboxylic acids is 1. The highest BCUT2D eigenvalue weighted by Gasteiger charge is 2.33. The monoisotopic (exact) mass is 353 g/mol. The van der Waals surface area contributed by atoms with Crippen molar-refractivity contribution in [3.8, 4) is 0 Å². The third-order valence-corrected chi connectivity index (χ3v) is 5.12. The number of likely N-dealkylation sites (tertiary alicyclic amines) is 1. The average Bonchev–Trinajstić information content (AvgIpc) is 3.27. The Morgan fingerprint density at radius 1 is 1.32 bits per heavy atom. The summed E-state index contributed by atoms with van der Waals surface area (Å²) in [5.74, 6) is 0.819. The molecule has 3 aromatic rings. The van der Waals surface area contributed by atoms with E-state index in [-0.39, 0.29) is 11.9 Å². The van der Waals surface area contributed by atoms with Gasteiger partial charge in [0.25, 0.3) is 5.91 Å². The van der Waals surface area contributed by atoms with Gasteiger partial charge < -0.3 is 9.88 Å². The molecule has 1 amide bonds. The third kappa shape index (κ3) is 3.00. The van der Waals surface area contributed by atoms with Gasteiger partial charge in [-0.2, -0.15) is 0 Å². The minimum Gasteiger partial charge on any atom is -0.340 e. The number of hydrogen-bond acceptors (Lipinski definition) is 5. The fourth-order valence-corrected chi connectivity index (χ4v) is 3.61. The molecule has 1 aromatic carbocycles. The molecule has 0 saturated carbocycles. The maximum absolute atomic E-state index is 12.9. The number of amides is 1. The van der Waals surface area contributed by atoms with E-state index in [0.29, 0.717) is 10.7 Å². The van der Waals surface area contributed by atoms with E-state index in [1.54, 1.807) is 12.4 Å². The lowest BCUT2D eigenvalue weighted by molar-refractivity contribution is 0.0729. The Bertz CT molecular complexity index is 921. The molecular formula is C18H19N5OS. The number of hydrogen-bond donors (Lipinski definition) is 1. The SMILES string of the molecule is CSc1ncc(C(=O)N2CCC[C@H]2c2nc3ccc(C)cc3[nH]2)cn1. The van der Waals surface area contributed by atoms with Gasteiger partial charge in [-0.05, 0) is 43.7 Å². The summed E-state index contributed by atoms with van der Waals surface area (Å²) >= 11 is 1.46. The zero-order chi connectivity index (χ0) is 17.4. The molecule has 1 aliphatic heterocycles. The van der Waals surface area contributed by atoms with Crippen molar-refractivity contribution in [1.82, 2.24) is 24.8 Å². The number of fused-ring (bicyclic) bond motifs is 1. The Hall–Kier alpha value is -2.41. The van der Waals surface area contributed by atoms with Crippen LogP contribution in [0.15, 0.2) is 35.7 Å². The second-order valence-electron chi connectivity index (χ2n) is 6.26. The van der Waals surface area contributed by atoms with Crippen LogP contribution in [0.5, 0.6) is 0 Å². The molecule has 128 valence electrons. The van der Waals surface area contributed by atoms with Crippen molar-refractivity contribution in [2.45, 2.75) is 31.0 Å². The summed E-state index contributed by atoms with van der Waals surface area (Å²) in [6.45, 7) is 2.79. The predicted octanol–water partition coefficient (Wildman–Crippen LogP) is 3.36. The molecule has 0 unspecified atom stereocenters. The van der Waals surface area contributed by atoms with Crippen LogP contribution < -0.4 is 0 Å². The zero-order valence-electron chi connectivity index (χ0n) is 14.2. The van der Waals surface area contributed by atoms with Gasteiger partial charge in [-0.25, -0.2) is 15.0 Å². The van der Waals surface area contributed by atoms with Crippen LogP contribution >= 0.6 is 11.8 Å². The highest BCUT2D eigenvalue weighted by atomic mass is 32.2. The molecule has 0 spiro atoms. The van der Waals surface area contributed by atoms with E-state index in [1.165, 1.54) is 17.3 Å². The number of aryl methyl sites for hydroxylation is 1. The number of aromatic nitrogens is 4. The zero-order valence-corrected chi connectivity index (χ0v) is 15.0. The molecule has 7 heteroatoms. The van der Waals surface area contributed by atoms with Crippen LogP contribution in [-0.2, 0) is 0 Å². The topological polar surface area (TPSA) is 74.8 Å². The van der Waals surface area contributed by atoms with Gasteiger partial charge in [0, 0.05) is 18.9 Å². The number of benzene rings is 1. The quantitative estimate of drug-likeness (QED) is 0.577. The number of nitrogens with zero attached hydrogens (tertiary/aromatic N) is 4. The van der Waals surface area contributed by atoms with Gasteiger partial charge in [0.15, 0.2) is 5.16 Å². The van der Waals surface area contributed by atoms with Crippen LogP contribution in [0.2, 0.25) is 0 Å². The first-order valence-corrected chi connectivity index (χ1v) is 9.51. The van der Waals surface area contributed by atoms with E-state index in [0.717, 1.165) is 36.2 Å². The van der Waals surface area contributed by atoms with Gasteiger partial charge in [0.05, 0.1) is 22.6 Å². The van der Waals surface area contributed by atoms with Crippen LogP contribution in [0.4, 0.5) is 0 Å². The first kappa shape index (κ1) is 16.1. The number of aromatic amines is 1. The van der Waals surface area contributed by atoms with Gasteiger partial charge in [0.2, 0.25) is 0 Å². The number of carbonyl (C=O) groups is 1. The molecule has 3 heterocycles. The molecule has 2 aromatic heterocycles. The highest BCUT2D eigenvalue weighted by molar-refractivity contribution is 7.98. The van der Waals surface area contributed by atoms with Gasteiger partial charge in [-0.1, -0.05) is 17.8 Å². The Kier molecular flexibility index (Phi) is 4.17. The van der Waals surface area contributed by atoms with E-state index in [9.17, 15) is 4.79 Å². The molecule has 1 fully saturated rings. The summed E-state index contributed by atoms with van der Waals surface area (Å²) in [6.07, 6.45) is 7.01. The summed E-state index contributed by atoms with van der Waals surface area (Å²) in [5, 5.41) is 0.669. The fraction of sp³-hybridized carbons (Fsp3) is 0.333. The lowest BCUT2D eigenvalue weighted by Crippen LogP contribution is -2.31. The third-order valence-electron chi connectivity index (χ3n) is 4.54. The minimum absolute atomic E-state index is 0.0274. The second-order valence-corrected chi connectivity index (χ2v) is 7.03. The smallest absolute Gasteiger partial charge is 0.257 e. The fourth-order valence-electron chi connectivity index (χ4n) is 3.29. The largest absolute Gasteiger partial charge is 0.340 e. The van der Waals surface area contributed by atoms with Crippen LogP contribution in [0.25, 0.3) is 11.0 Å².